The fourth-order valence-corrected chi connectivity index (χ4v) is 4.60. The number of hydrogen-bond donors (Lipinski definition) is 0. The van der Waals surface area contributed by atoms with Crippen molar-refractivity contribution in [2.45, 2.75) is 6.18 Å². The van der Waals surface area contributed by atoms with E-state index in [9.17, 15) is 18.0 Å². The highest BCUT2D eigenvalue weighted by molar-refractivity contribution is 7.22. The molecule has 33 heavy (non-hydrogen) atoms. The van der Waals surface area contributed by atoms with E-state index in [1.54, 1.807) is 18.2 Å². The average molecular weight is 491 g/mol. The highest BCUT2D eigenvalue weighted by Crippen LogP contribution is 2.41. The third kappa shape index (κ3) is 4.09. The summed E-state index contributed by atoms with van der Waals surface area (Å²) in [6.45, 7) is 0.712. The number of para-hydroxylation sites is 1. The third-order valence-electron chi connectivity index (χ3n) is 4.98. The van der Waals surface area contributed by atoms with Crippen LogP contribution in [0.2, 0.25) is 5.02 Å². The zero-order valence-electron chi connectivity index (χ0n) is 16.7. The lowest BCUT2D eigenvalue weighted by Gasteiger charge is -2.24. The van der Waals surface area contributed by atoms with Crippen LogP contribution in [0.4, 0.5) is 24.0 Å². The largest absolute Gasteiger partial charge is 0.486 e. The van der Waals surface area contributed by atoms with Crippen LogP contribution in [0.3, 0.4) is 0 Å². The minimum absolute atomic E-state index is 0.0202. The number of thiazole rings is 1. The van der Waals surface area contributed by atoms with Gasteiger partial charge >= 0.3 is 6.18 Å². The van der Waals surface area contributed by atoms with Crippen LogP contribution in [0, 0.1) is 0 Å². The molecule has 0 spiro atoms. The first kappa shape index (κ1) is 21.5. The number of fused-ring (bicyclic) bond motifs is 2. The van der Waals surface area contributed by atoms with E-state index in [4.69, 9.17) is 21.1 Å². The van der Waals surface area contributed by atoms with Crippen LogP contribution >= 0.6 is 22.9 Å². The highest BCUT2D eigenvalue weighted by Gasteiger charge is 2.33. The van der Waals surface area contributed by atoms with Crippen LogP contribution in [0.1, 0.15) is 15.9 Å². The van der Waals surface area contributed by atoms with Gasteiger partial charge in [-0.05, 0) is 48.5 Å². The van der Waals surface area contributed by atoms with Gasteiger partial charge in [0.25, 0.3) is 5.91 Å². The molecule has 5 nitrogen and oxygen atoms in total. The van der Waals surface area contributed by atoms with Gasteiger partial charge < -0.3 is 9.47 Å². The minimum atomic E-state index is -4.61. The van der Waals surface area contributed by atoms with Gasteiger partial charge in [-0.2, -0.15) is 13.2 Å². The zero-order chi connectivity index (χ0) is 23.2. The molecular formula is C23H14ClF3N2O3S. The molecule has 0 radical (unpaired) electrons. The second kappa shape index (κ2) is 8.24. The summed E-state index contributed by atoms with van der Waals surface area (Å²) in [7, 11) is 0. The third-order valence-corrected chi connectivity index (χ3v) is 6.32. The average Bonchev–Trinajstić information content (AvgIpc) is 3.23. The van der Waals surface area contributed by atoms with Gasteiger partial charge in [0.1, 0.15) is 13.2 Å². The Hall–Kier alpha value is -3.30. The maximum atomic E-state index is 13.7. The molecule has 4 aromatic rings. The number of hydrogen-bond acceptors (Lipinski definition) is 5. The number of aromatic nitrogens is 1. The van der Waals surface area contributed by atoms with Crippen molar-refractivity contribution in [2.75, 3.05) is 18.1 Å². The molecular weight excluding hydrogens is 477 g/mol. The summed E-state index contributed by atoms with van der Waals surface area (Å²) in [6, 6.07) is 14.6. The Balaban J connectivity index is 1.67. The maximum absolute atomic E-state index is 13.7. The van der Waals surface area contributed by atoms with Gasteiger partial charge in [-0.3, -0.25) is 9.69 Å². The van der Waals surface area contributed by atoms with Crippen LogP contribution in [-0.4, -0.2) is 24.1 Å². The fraction of sp³-hybridized carbons (Fsp3) is 0.130. The van der Waals surface area contributed by atoms with Crippen molar-refractivity contribution in [3.8, 4) is 11.5 Å². The predicted octanol–water partition coefficient (Wildman–Crippen LogP) is 6.72. The van der Waals surface area contributed by atoms with E-state index in [1.807, 2.05) is 12.1 Å². The number of amides is 1. The summed E-state index contributed by atoms with van der Waals surface area (Å²) in [4.78, 5) is 19.3. The molecule has 0 fully saturated rings. The van der Waals surface area contributed by atoms with Crippen LogP contribution in [0.5, 0.6) is 11.5 Å². The van der Waals surface area contributed by atoms with Gasteiger partial charge in [0, 0.05) is 5.56 Å². The number of nitrogens with zero attached hydrogens (tertiary/aromatic N) is 2. The summed E-state index contributed by atoms with van der Waals surface area (Å²) in [5.74, 6) is 0.264. The second-order valence-electron chi connectivity index (χ2n) is 7.13. The van der Waals surface area contributed by atoms with E-state index < -0.39 is 17.6 Å². The molecule has 0 saturated heterocycles. The van der Waals surface area contributed by atoms with E-state index in [-0.39, 0.29) is 21.4 Å². The number of alkyl halides is 3. The van der Waals surface area contributed by atoms with Crippen LogP contribution in [0.25, 0.3) is 10.2 Å². The first-order valence-electron chi connectivity index (χ1n) is 9.78. The first-order chi connectivity index (χ1) is 15.8. The summed E-state index contributed by atoms with van der Waals surface area (Å²) < 4.78 is 52.2. The predicted molar refractivity (Wildman–Crippen MR) is 120 cm³/mol. The summed E-state index contributed by atoms with van der Waals surface area (Å²) in [6.07, 6.45) is -4.61. The van der Waals surface area contributed by atoms with E-state index >= 15 is 0 Å². The monoisotopic (exact) mass is 490 g/mol. The summed E-state index contributed by atoms with van der Waals surface area (Å²) in [5, 5.41) is 0.172. The van der Waals surface area contributed by atoms with E-state index in [1.165, 1.54) is 23.5 Å². The van der Waals surface area contributed by atoms with Gasteiger partial charge in [-0.1, -0.05) is 35.1 Å². The Kier molecular flexibility index (Phi) is 5.38. The maximum Gasteiger partial charge on any atom is 0.416 e. The van der Waals surface area contributed by atoms with E-state index in [0.29, 0.717) is 30.2 Å². The lowest BCUT2D eigenvalue weighted by molar-refractivity contribution is -0.137. The quantitative estimate of drug-likeness (QED) is 0.320. The molecule has 1 amide bonds. The number of carbonyl (C=O) groups is 1. The summed E-state index contributed by atoms with van der Waals surface area (Å²) in [5.41, 5.74) is -0.249. The Morgan fingerprint density at radius 2 is 1.76 bits per heavy atom. The lowest BCUT2D eigenvalue weighted by atomic mass is 10.1. The Morgan fingerprint density at radius 1 is 1.00 bits per heavy atom. The van der Waals surface area contributed by atoms with Gasteiger partial charge in [0.15, 0.2) is 16.6 Å². The zero-order valence-corrected chi connectivity index (χ0v) is 18.3. The van der Waals surface area contributed by atoms with Crippen molar-refractivity contribution in [2.24, 2.45) is 0 Å². The molecule has 1 aliphatic heterocycles. The number of ether oxygens (including phenoxy) is 2. The van der Waals surface area contributed by atoms with E-state index in [2.05, 4.69) is 4.98 Å². The molecule has 10 heteroatoms. The number of anilines is 2. The molecule has 0 atom stereocenters. The number of halogens is 4. The Morgan fingerprint density at radius 3 is 2.52 bits per heavy atom. The van der Waals surface area contributed by atoms with Crippen molar-refractivity contribution < 1.29 is 27.4 Å². The SMILES string of the molecule is O=C(c1ccc2c(c1)OCCO2)N(c1nc2ccccc2s1)c1cc(C(F)(F)F)ccc1Cl. The molecule has 1 aromatic heterocycles. The number of carbonyl (C=O) groups excluding carboxylic acids is 1. The van der Waals surface area contributed by atoms with Crippen LogP contribution in [0.15, 0.2) is 60.7 Å². The Bertz CT molecular complexity index is 1340. The van der Waals surface area contributed by atoms with Crippen molar-refractivity contribution in [1.82, 2.24) is 4.98 Å². The van der Waals surface area contributed by atoms with Gasteiger partial charge in [-0.15, -0.1) is 0 Å². The molecule has 0 aliphatic carbocycles. The molecule has 168 valence electrons. The highest BCUT2D eigenvalue weighted by atomic mass is 35.5. The minimum Gasteiger partial charge on any atom is -0.486 e. The Labute approximate surface area is 194 Å². The van der Waals surface area contributed by atoms with Crippen molar-refractivity contribution in [1.29, 1.82) is 0 Å². The topological polar surface area (TPSA) is 51.7 Å². The summed E-state index contributed by atoms with van der Waals surface area (Å²) >= 11 is 7.48. The second-order valence-corrected chi connectivity index (χ2v) is 8.54. The molecule has 1 aliphatic rings. The van der Waals surface area contributed by atoms with Gasteiger partial charge in [0.2, 0.25) is 0 Å². The smallest absolute Gasteiger partial charge is 0.416 e. The number of benzene rings is 3. The van der Waals surface area contributed by atoms with Gasteiger partial charge in [-0.25, -0.2) is 4.98 Å². The normalized spacial score (nSPS) is 13.2. The molecule has 2 heterocycles. The number of rotatable bonds is 3. The molecule has 0 bridgehead atoms. The molecule has 0 N–H and O–H groups in total. The van der Waals surface area contributed by atoms with Crippen LogP contribution < -0.4 is 14.4 Å². The lowest BCUT2D eigenvalue weighted by Crippen LogP contribution is -2.27. The molecule has 5 rings (SSSR count). The molecule has 0 saturated carbocycles. The van der Waals surface area contributed by atoms with Crippen molar-refractivity contribution in [3.05, 3.63) is 76.8 Å². The fourth-order valence-electron chi connectivity index (χ4n) is 3.42. The molecule has 3 aromatic carbocycles. The van der Waals surface area contributed by atoms with Gasteiger partial charge in [0.05, 0.1) is 26.5 Å². The first-order valence-corrected chi connectivity index (χ1v) is 11.0. The van der Waals surface area contributed by atoms with Crippen molar-refractivity contribution in [3.63, 3.8) is 0 Å². The van der Waals surface area contributed by atoms with Crippen molar-refractivity contribution >= 4 is 49.9 Å². The molecule has 0 unspecified atom stereocenters. The van der Waals surface area contributed by atoms with E-state index in [0.717, 1.165) is 27.8 Å². The standard InChI is InChI=1S/C23H14ClF3N2O3S/c24-15-7-6-14(23(25,26)27)12-17(15)29(22-28-16-3-1-2-4-20(16)33-22)21(30)13-5-8-18-19(11-13)32-10-9-31-18/h1-8,11-12H,9-10H2. The van der Waals surface area contributed by atoms with Crippen LogP contribution in [-0.2, 0) is 6.18 Å².